The van der Waals surface area contributed by atoms with Crippen molar-refractivity contribution in [3.05, 3.63) is 0 Å². The molecule has 0 amide bonds. The van der Waals surface area contributed by atoms with Gasteiger partial charge in [0.25, 0.3) is 0 Å². The third-order valence-corrected chi connectivity index (χ3v) is 4.76. The maximum Gasteiger partial charge on any atom is 0.0483 e. The Morgan fingerprint density at radius 1 is 1.18 bits per heavy atom. The molecule has 100 valence electrons. The Balaban J connectivity index is 1.79. The van der Waals surface area contributed by atoms with Crippen molar-refractivity contribution in [2.75, 3.05) is 26.3 Å². The summed E-state index contributed by atoms with van der Waals surface area (Å²) in [5.41, 5.74) is 6.19. The third kappa shape index (κ3) is 3.67. The molecule has 1 saturated heterocycles. The number of rotatable bonds is 4. The van der Waals surface area contributed by atoms with Crippen LogP contribution in [0.5, 0.6) is 0 Å². The lowest BCUT2D eigenvalue weighted by Gasteiger charge is -2.38. The summed E-state index contributed by atoms with van der Waals surface area (Å²) in [5.74, 6) is 1.55. The van der Waals surface area contributed by atoms with Crippen LogP contribution in [0.4, 0.5) is 0 Å². The van der Waals surface area contributed by atoms with Crippen LogP contribution in [0, 0.1) is 11.8 Å². The van der Waals surface area contributed by atoms with Crippen molar-refractivity contribution < 1.29 is 4.74 Å². The fraction of sp³-hybridized carbons (Fsp3) is 1.00. The standard InChI is InChI=1S/C14H28N2O/c1-14(6-8-17-9-7-14)16-11-13-5-3-2-4-12(13)10-15/h12-13,16H,2-11,15H2,1H3. The van der Waals surface area contributed by atoms with E-state index < -0.39 is 0 Å². The fourth-order valence-electron chi connectivity index (χ4n) is 3.24. The van der Waals surface area contributed by atoms with Crippen LogP contribution in [0.1, 0.15) is 45.4 Å². The first-order valence-corrected chi connectivity index (χ1v) is 7.26. The minimum absolute atomic E-state index is 0.300. The van der Waals surface area contributed by atoms with E-state index in [1.807, 2.05) is 0 Å². The third-order valence-electron chi connectivity index (χ3n) is 4.76. The van der Waals surface area contributed by atoms with E-state index in [0.29, 0.717) is 5.54 Å². The Hall–Kier alpha value is -0.120. The van der Waals surface area contributed by atoms with Gasteiger partial charge in [-0.3, -0.25) is 0 Å². The van der Waals surface area contributed by atoms with Gasteiger partial charge in [0.2, 0.25) is 0 Å². The number of ether oxygens (including phenoxy) is 1. The summed E-state index contributed by atoms with van der Waals surface area (Å²) in [6.07, 6.45) is 7.76. The normalized spacial score (nSPS) is 33.5. The smallest absolute Gasteiger partial charge is 0.0483 e. The molecule has 2 rings (SSSR count). The SMILES string of the molecule is CC1(NCC2CCCCC2CN)CCOCC1. The Bertz CT molecular complexity index is 226. The van der Waals surface area contributed by atoms with E-state index >= 15 is 0 Å². The first-order valence-electron chi connectivity index (χ1n) is 7.26. The highest BCUT2D eigenvalue weighted by molar-refractivity contribution is 4.88. The average molecular weight is 240 g/mol. The van der Waals surface area contributed by atoms with Crippen LogP contribution in [0.15, 0.2) is 0 Å². The second-order valence-electron chi connectivity index (χ2n) is 6.09. The Morgan fingerprint density at radius 3 is 2.47 bits per heavy atom. The molecule has 1 aliphatic carbocycles. The minimum atomic E-state index is 0.300. The van der Waals surface area contributed by atoms with Crippen molar-refractivity contribution in [1.29, 1.82) is 0 Å². The van der Waals surface area contributed by atoms with Crippen LogP contribution in [-0.4, -0.2) is 31.8 Å². The lowest BCUT2D eigenvalue weighted by atomic mass is 9.78. The molecule has 0 aromatic carbocycles. The van der Waals surface area contributed by atoms with E-state index in [-0.39, 0.29) is 0 Å². The molecule has 1 saturated carbocycles. The van der Waals surface area contributed by atoms with Crippen LogP contribution in [0.25, 0.3) is 0 Å². The van der Waals surface area contributed by atoms with E-state index in [2.05, 4.69) is 12.2 Å². The predicted molar refractivity (Wildman–Crippen MR) is 71.0 cm³/mol. The summed E-state index contributed by atoms with van der Waals surface area (Å²) >= 11 is 0. The van der Waals surface area contributed by atoms with E-state index in [4.69, 9.17) is 10.5 Å². The van der Waals surface area contributed by atoms with E-state index in [0.717, 1.165) is 51.0 Å². The van der Waals surface area contributed by atoms with Gasteiger partial charge in [0, 0.05) is 18.8 Å². The monoisotopic (exact) mass is 240 g/mol. The van der Waals surface area contributed by atoms with Gasteiger partial charge in [-0.25, -0.2) is 0 Å². The largest absolute Gasteiger partial charge is 0.381 e. The first kappa shape index (κ1) is 13.3. The van der Waals surface area contributed by atoms with Gasteiger partial charge in [-0.1, -0.05) is 12.8 Å². The topological polar surface area (TPSA) is 47.3 Å². The van der Waals surface area contributed by atoms with Gasteiger partial charge >= 0.3 is 0 Å². The predicted octanol–water partition coefficient (Wildman–Crippen LogP) is 1.91. The molecule has 0 radical (unpaired) electrons. The zero-order chi connectivity index (χ0) is 12.1. The van der Waals surface area contributed by atoms with Crippen LogP contribution >= 0.6 is 0 Å². The fourth-order valence-corrected chi connectivity index (χ4v) is 3.24. The van der Waals surface area contributed by atoms with Crippen molar-refractivity contribution in [2.45, 2.75) is 51.0 Å². The summed E-state index contributed by atoms with van der Waals surface area (Å²) in [5, 5.41) is 3.80. The second-order valence-corrected chi connectivity index (χ2v) is 6.09. The molecular formula is C14H28N2O. The van der Waals surface area contributed by atoms with Crippen molar-refractivity contribution in [3.8, 4) is 0 Å². The van der Waals surface area contributed by atoms with Crippen molar-refractivity contribution >= 4 is 0 Å². The molecule has 2 fully saturated rings. The van der Waals surface area contributed by atoms with Crippen LogP contribution in [0.2, 0.25) is 0 Å². The zero-order valence-electron chi connectivity index (χ0n) is 11.2. The van der Waals surface area contributed by atoms with Crippen molar-refractivity contribution in [1.82, 2.24) is 5.32 Å². The highest BCUT2D eigenvalue weighted by Crippen LogP contribution is 2.30. The van der Waals surface area contributed by atoms with E-state index in [1.165, 1.54) is 25.7 Å². The van der Waals surface area contributed by atoms with E-state index in [9.17, 15) is 0 Å². The molecule has 17 heavy (non-hydrogen) atoms. The summed E-state index contributed by atoms with van der Waals surface area (Å²) < 4.78 is 5.44. The molecule has 1 aliphatic heterocycles. The van der Waals surface area contributed by atoms with Gasteiger partial charge in [0.05, 0.1) is 0 Å². The number of nitrogens with one attached hydrogen (secondary N) is 1. The molecule has 3 heteroatoms. The summed E-state index contributed by atoms with van der Waals surface area (Å²) in [4.78, 5) is 0. The maximum atomic E-state index is 5.89. The Kier molecular flexibility index (Phi) is 4.83. The molecule has 0 aromatic rings. The second kappa shape index (κ2) is 6.17. The van der Waals surface area contributed by atoms with Crippen LogP contribution in [-0.2, 0) is 4.74 Å². The number of nitrogens with two attached hydrogens (primary N) is 1. The first-order chi connectivity index (χ1) is 8.23. The minimum Gasteiger partial charge on any atom is -0.381 e. The average Bonchev–Trinajstić information content (AvgIpc) is 2.38. The summed E-state index contributed by atoms with van der Waals surface area (Å²) in [6.45, 7) is 6.18. The Labute approximate surface area is 105 Å². The van der Waals surface area contributed by atoms with Gasteiger partial charge in [-0.2, -0.15) is 0 Å². The maximum absolute atomic E-state index is 5.89. The van der Waals surface area contributed by atoms with E-state index in [1.54, 1.807) is 0 Å². The quantitative estimate of drug-likeness (QED) is 0.789. The summed E-state index contributed by atoms with van der Waals surface area (Å²) in [6, 6.07) is 0. The lowest BCUT2D eigenvalue weighted by Crippen LogP contribution is -2.49. The van der Waals surface area contributed by atoms with Gasteiger partial charge < -0.3 is 15.8 Å². The van der Waals surface area contributed by atoms with Crippen LogP contribution in [0.3, 0.4) is 0 Å². The molecule has 2 unspecified atom stereocenters. The van der Waals surface area contributed by atoms with Gasteiger partial charge in [-0.15, -0.1) is 0 Å². The molecule has 1 heterocycles. The molecule has 3 N–H and O–H groups in total. The van der Waals surface area contributed by atoms with Gasteiger partial charge in [-0.05, 0) is 57.5 Å². The highest BCUT2D eigenvalue weighted by Gasteiger charge is 2.30. The lowest BCUT2D eigenvalue weighted by molar-refractivity contribution is 0.0414. The molecule has 0 aromatic heterocycles. The zero-order valence-corrected chi connectivity index (χ0v) is 11.2. The van der Waals surface area contributed by atoms with Gasteiger partial charge in [0.15, 0.2) is 0 Å². The number of hydrogen-bond acceptors (Lipinski definition) is 3. The molecular weight excluding hydrogens is 212 g/mol. The highest BCUT2D eigenvalue weighted by atomic mass is 16.5. The van der Waals surface area contributed by atoms with Crippen LogP contribution < -0.4 is 11.1 Å². The van der Waals surface area contributed by atoms with Crippen molar-refractivity contribution in [3.63, 3.8) is 0 Å². The molecule has 2 aliphatic rings. The van der Waals surface area contributed by atoms with Gasteiger partial charge in [0.1, 0.15) is 0 Å². The molecule has 0 bridgehead atoms. The molecule has 2 atom stereocenters. The molecule has 3 nitrogen and oxygen atoms in total. The number of hydrogen-bond donors (Lipinski definition) is 2. The summed E-state index contributed by atoms with van der Waals surface area (Å²) in [7, 11) is 0. The van der Waals surface area contributed by atoms with Crippen molar-refractivity contribution in [2.24, 2.45) is 17.6 Å². The molecule has 0 spiro atoms. The Morgan fingerprint density at radius 2 is 1.82 bits per heavy atom.